The SMILES string of the molecule is Cc1oc(C=CC2(C)CCCC2)nc1CCOS(C)(=O)=O. The summed E-state index contributed by atoms with van der Waals surface area (Å²) in [5, 5.41) is 0. The molecule has 1 aliphatic carbocycles. The van der Waals surface area contributed by atoms with E-state index >= 15 is 0 Å². The van der Waals surface area contributed by atoms with Crippen LogP contribution >= 0.6 is 0 Å². The predicted molar refractivity (Wildman–Crippen MR) is 81.3 cm³/mol. The molecule has 0 N–H and O–H groups in total. The quantitative estimate of drug-likeness (QED) is 0.755. The third-order valence-corrected chi connectivity index (χ3v) is 4.51. The number of allylic oxidation sites excluding steroid dienone is 1. The lowest BCUT2D eigenvalue weighted by atomic mass is 9.88. The summed E-state index contributed by atoms with van der Waals surface area (Å²) in [6.45, 7) is 4.18. The Hall–Kier alpha value is -1.14. The third-order valence-electron chi connectivity index (χ3n) is 3.92. The van der Waals surface area contributed by atoms with Gasteiger partial charge in [0.1, 0.15) is 5.76 Å². The smallest absolute Gasteiger partial charge is 0.264 e. The van der Waals surface area contributed by atoms with Crippen molar-refractivity contribution < 1.29 is 17.0 Å². The molecular formula is C15H23NO4S. The maximum Gasteiger partial charge on any atom is 0.264 e. The first-order valence-electron chi connectivity index (χ1n) is 7.27. The average molecular weight is 313 g/mol. The molecule has 1 saturated carbocycles. The first-order valence-corrected chi connectivity index (χ1v) is 9.09. The topological polar surface area (TPSA) is 69.4 Å². The zero-order chi connectivity index (χ0) is 15.5. The molecule has 1 fully saturated rings. The van der Waals surface area contributed by atoms with E-state index in [1.54, 1.807) is 0 Å². The molecular weight excluding hydrogens is 290 g/mol. The lowest BCUT2D eigenvalue weighted by molar-refractivity contribution is 0.324. The Morgan fingerprint density at radius 2 is 2.05 bits per heavy atom. The molecule has 0 spiro atoms. The minimum absolute atomic E-state index is 0.0904. The van der Waals surface area contributed by atoms with E-state index in [-0.39, 0.29) is 12.0 Å². The van der Waals surface area contributed by atoms with Crippen molar-refractivity contribution in [2.45, 2.75) is 46.0 Å². The van der Waals surface area contributed by atoms with Gasteiger partial charge in [0.05, 0.1) is 18.6 Å². The molecule has 6 heteroatoms. The molecule has 1 aliphatic rings. The van der Waals surface area contributed by atoms with Crippen LogP contribution in [0, 0.1) is 12.3 Å². The van der Waals surface area contributed by atoms with Crippen LogP contribution in [0.25, 0.3) is 6.08 Å². The van der Waals surface area contributed by atoms with Gasteiger partial charge in [-0.25, -0.2) is 4.98 Å². The number of hydrogen-bond donors (Lipinski definition) is 0. The van der Waals surface area contributed by atoms with Crippen molar-refractivity contribution in [3.05, 3.63) is 23.4 Å². The van der Waals surface area contributed by atoms with Crippen molar-refractivity contribution in [2.24, 2.45) is 5.41 Å². The molecule has 1 aromatic heterocycles. The third kappa shape index (κ3) is 4.97. The summed E-state index contributed by atoms with van der Waals surface area (Å²) < 4.78 is 32.2. The molecule has 1 heterocycles. The molecule has 21 heavy (non-hydrogen) atoms. The number of nitrogens with zero attached hydrogens (tertiary/aromatic N) is 1. The fourth-order valence-corrected chi connectivity index (χ4v) is 3.05. The number of hydrogen-bond acceptors (Lipinski definition) is 5. The second-order valence-corrected chi connectivity index (χ2v) is 7.67. The van der Waals surface area contributed by atoms with Crippen LogP contribution in [0.5, 0.6) is 0 Å². The first-order chi connectivity index (χ1) is 9.77. The first kappa shape index (κ1) is 16.2. The number of rotatable bonds is 6. The lowest BCUT2D eigenvalue weighted by Crippen LogP contribution is -2.07. The summed E-state index contributed by atoms with van der Waals surface area (Å²) in [4.78, 5) is 4.39. The van der Waals surface area contributed by atoms with Crippen molar-refractivity contribution in [1.29, 1.82) is 0 Å². The van der Waals surface area contributed by atoms with E-state index in [9.17, 15) is 8.42 Å². The maximum atomic E-state index is 10.9. The molecule has 2 rings (SSSR count). The number of aromatic nitrogens is 1. The summed E-state index contributed by atoms with van der Waals surface area (Å²) in [5.41, 5.74) is 0.997. The van der Waals surface area contributed by atoms with Crippen molar-refractivity contribution >= 4 is 16.2 Å². The molecule has 0 amide bonds. The van der Waals surface area contributed by atoms with Gasteiger partial charge in [0.25, 0.3) is 10.1 Å². The van der Waals surface area contributed by atoms with Gasteiger partial charge in [0, 0.05) is 6.42 Å². The van der Waals surface area contributed by atoms with Crippen molar-refractivity contribution in [3.8, 4) is 0 Å². The highest BCUT2D eigenvalue weighted by molar-refractivity contribution is 7.85. The maximum absolute atomic E-state index is 10.9. The van der Waals surface area contributed by atoms with E-state index in [1.807, 2.05) is 13.0 Å². The second kappa shape index (κ2) is 6.32. The Bertz CT molecular complexity index is 610. The van der Waals surface area contributed by atoms with Crippen LogP contribution in [0.4, 0.5) is 0 Å². The zero-order valence-electron chi connectivity index (χ0n) is 12.9. The van der Waals surface area contributed by atoms with Crippen LogP contribution in [0.15, 0.2) is 10.5 Å². The van der Waals surface area contributed by atoms with E-state index in [2.05, 4.69) is 18.0 Å². The summed E-state index contributed by atoms with van der Waals surface area (Å²) in [6, 6.07) is 0. The predicted octanol–water partition coefficient (Wildman–Crippen LogP) is 3.10. The van der Waals surface area contributed by atoms with Crippen molar-refractivity contribution in [3.63, 3.8) is 0 Å². The minimum atomic E-state index is -3.40. The van der Waals surface area contributed by atoms with Gasteiger partial charge in [-0.3, -0.25) is 4.18 Å². The van der Waals surface area contributed by atoms with Crippen molar-refractivity contribution in [2.75, 3.05) is 12.9 Å². The molecule has 1 aromatic rings. The van der Waals surface area contributed by atoms with Gasteiger partial charge in [-0.05, 0) is 31.3 Å². The van der Waals surface area contributed by atoms with Crippen LogP contribution in [-0.4, -0.2) is 26.3 Å². The Morgan fingerprint density at radius 1 is 1.38 bits per heavy atom. The largest absolute Gasteiger partial charge is 0.442 e. The molecule has 0 bridgehead atoms. The van der Waals surface area contributed by atoms with Gasteiger partial charge in [-0.1, -0.05) is 25.8 Å². The van der Waals surface area contributed by atoms with Gasteiger partial charge < -0.3 is 4.42 Å². The normalized spacial score (nSPS) is 18.6. The Morgan fingerprint density at radius 3 is 2.67 bits per heavy atom. The van der Waals surface area contributed by atoms with Gasteiger partial charge in [0.15, 0.2) is 0 Å². The minimum Gasteiger partial charge on any atom is -0.442 e. The molecule has 0 aromatic carbocycles. The van der Waals surface area contributed by atoms with Crippen LogP contribution in [0.3, 0.4) is 0 Å². The van der Waals surface area contributed by atoms with Gasteiger partial charge in [-0.15, -0.1) is 0 Å². The Balaban J connectivity index is 1.97. The highest BCUT2D eigenvalue weighted by Gasteiger charge is 2.25. The van der Waals surface area contributed by atoms with Gasteiger partial charge >= 0.3 is 0 Å². The monoisotopic (exact) mass is 313 g/mol. The van der Waals surface area contributed by atoms with Crippen LogP contribution in [0.1, 0.15) is 50.0 Å². The van der Waals surface area contributed by atoms with Crippen LogP contribution in [-0.2, 0) is 20.7 Å². The summed E-state index contributed by atoms with van der Waals surface area (Å²) in [5.74, 6) is 1.29. The molecule has 0 radical (unpaired) electrons. The van der Waals surface area contributed by atoms with E-state index in [0.29, 0.717) is 18.1 Å². The molecule has 0 aliphatic heterocycles. The number of aryl methyl sites for hydroxylation is 1. The summed E-state index contributed by atoms with van der Waals surface area (Å²) >= 11 is 0. The van der Waals surface area contributed by atoms with E-state index in [4.69, 9.17) is 8.60 Å². The summed E-state index contributed by atoms with van der Waals surface area (Å²) in [7, 11) is -3.40. The second-order valence-electron chi connectivity index (χ2n) is 6.03. The Kier molecular flexibility index (Phi) is 4.88. The van der Waals surface area contributed by atoms with E-state index in [1.165, 1.54) is 25.7 Å². The molecule has 5 nitrogen and oxygen atoms in total. The molecule has 0 unspecified atom stereocenters. The highest BCUT2D eigenvalue weighted by atomic mass is 32.2. The van der Waals surface area contributed by atoms with E-state index in [0.717, 1.165) is 11.9 Å². The van der Waals surface area contributed by atoms with Crippen LogP contribution in [0.2, 0.25) is 0 Å². The highest BCUT2D eigenvalue weighted by Crippen LogP contribution is 2.39. The van der Waals surface area contributed by atoms with E-state index < -0.39 is 10.1 Å². The van der Waals surface area contributed by atoms with Gasteiger partial charge in [-0.2, -0.15) is 8.42 Å². The van der Waals surface area contributed by atoms with Crippen molar-refractivity contribution in [1.82, 2.24) is 4.98 Å². The van der Waals surface area contributed by atoms with Gasteiger partial charge in [0.2, 0.25) is 5.89 Å². The zero-order valence-corrected chi connectivity index (χ0v) is 13.7. The molecule has 0 atom stereocenters. The Labute approximate surface area is 126 Å². The standard InChI is InChI=1S/C15H23NO4S/c1-12-13(7-11-19-21(3,17)18)16-14(20-12)6-10-15(2)8-4-5-9-15/h6,10H,4-5,7-9,11H2,1-3H3. The fraction of sp³-hybridized carbons (Fsp3) is 0.667. The average Bonchev–Trinajstić information content (AvgIpc) is 2.94. The van der Waals surface area contributed by atoms with Crippen LogP contribution < -0.4 is 0 Å². The lowest BCUT2D eigenvalue weighted by Gasteiger charge is -2.16. The molecule has 118 valence electrons. The molecule has 0 saturated heterocycles. The fourth-order valence-electron chi connectivity index (χ4n) is 2.67. The summed E-state index contributed by atoms with van der Waals surface area (Å²) in [6.07, 6.45) is 10.5. The number of oxazole rings is 1.